The molecule has 0 unspecified atom stereocenters. The molecule has 0 aliphatic carbocycles. The lowest BCUT2D eigenvalue weighted by atomic mass is 10.1. The molecular formula is C18H18ClN7O. The predicted octanol–water partition coefficient (Wildman–Crippen LogP) is 2.11. The van der Waals surface area contributed by atoms with Gasteiger partial charge in [0.05, 0.1) is 6.20 Å². The molecule has 4 aromatic rings. The summed E-state index contributed by atoms with van der Waals surface area (Å²) in [6.07, 6.45) is 4.08. The van der Waals surface area contributed by atoms with E-state index in [1.54, 1.807) is 33.7 Å². The fourth-order valence-corrected chi connectivity index (χ4v) is 3.08. The molecule has 27 heavy (non-hydrogen) atoms. The standard InChI is InChI=1S/C18H18ClN7O/c1-24(2)8-3-9-25-11-20-17-15(18(25)27)22-23-16-14(10-21-26(16)17)12-4-6-13(19)7-5-12/h4-7,10-11H,3,8-9H2,1-2H3. The van der Waals surface area contributed by atoms with Crippen LogP contribution in [0.2, 0.25) is 5.02 Å². The van der Waals surface area contributed by atoms with Crippen molar-refractivity contribution in [3.63, 3.8) is 0 Å². The van der Waals surface area contributed by atoms with Gasteiger partial charge >= 0.3 is 0 Å². The van der Waals surface area contributed by atoms with Gasteiger partial charge in [0.1, 0.15) is 6.33 Å². The Bertz CT molecular complexity index is 1160. The van der Waals surface area contributed by atoms with Crippen molar-refractivity contribution in [3.8, 4) is 11.1 Å². The third kappa shape index (κ3) is 3.29. The van der Waals surface area contributed by atoms with E-state index in [2.05, 4.69) is 25.2 Å². The smallest absolute Gasteiger partial charge is 0.283 e. The van der Waals surface area contributed by atoms with Crippen LogP contribution in [-0.2, 0) is 6.54 Å². The summed E-state index contributed by atoms with van der Waals surface area (Å²) in [4.78, 5) is 19.2. The first kappa shape index (κ1) is 17.6. The van der Waals surface area contributed by atoms with Gasteiger partial charge in [-0.3, -0.25) is 9.36 Å². The minimum atomic E-state index is -0.211. The molecule has 0 radical (unpaired) electrons. The van der Waals surface area contributed by atoms with Gasteiger partial charge in [-0.15, -0.1) is 10.2 Å². The zero-order valence-electron chi connectivity index (χ0n) is 15.0. The summed E-state index contributed by atoms with van der Waals surface area (Å²) < 4.78 is 3.12. The van der Waals surface area contributed by atoms with Crippen molar-refractivity contribution in [1.82, 2.24) is 34.3 Å². The normalized spacial score (nSPS) is 11.7. The molecule has 0 saturated carbocycles. The molecule has 0 bridgehead atoms. The van der Waals surface area contributed by atoms with Crippen molar-refractivity contribution in [3.05, 3.63) is 52.2 Å². The first-order valence-electron chi connectivity index (χ1n) is 8.55. The molecule has 0 spiro atoms. The van der Waals surface area contributed by atoms with Crippen LogP contribution in [0.5, 0.6) is 0 Å². The van der Waals surface area contributed by atoms with Crippen LogP contribution < -0.4 is 5.56 Å². The van der Waals surface area contributed by atoms with Gasteiger partial charge in [0, 0.05) is 17.1 Å². The van der Waals surface area contributed by atoms with Crippen molar-refractivity contribution in [2.24, 2.45) is 0 Å². The van der Waals surface area contributed by atoms with Gasteiger partial charge in [-0.1, -0.05) is 23.7 Å². The van der Waals surface area contributed by atoms with Crippen LogP contribution in [0.1, 0.15) is 6.42 Å². The van der Waals surface area contributed by atoms with Crippen molar-refractivity contribution in [2.75, 3.05) is 20.6 Å². The Kier molecular flexibility index (Phi) is 4.59. The lowest BCUT2D eigenvalue weighted by molar-refractivity contribution is 0.384. The summed E-state index contributed by atoms with van der Waals surface area (Å²) in [5.74, 6) is 0. The second kappa shape index (κ2) is 7.05. The molecule has 4 rings (SSSR count). The van der Waals surface area contributed by atoms with E-state index in [0.717, 1.165) is 24.1 Å². The molecule has 8 nitrogen and oxygen atoms in total. The number of halogens is 1. The maximum absolute atomic E-state index is 12.7. The molecule has 9 heteroatoms. The summed E-state index contributed by atoms with van der Waals surface area (Å²) in [6, 6.07) is 7.39. The van der Waals surface area contributed by atoms with Crippen LogP contribution in [0, 0.1) is 0 Å². The fourth-order valence-electron chi connectivity index (χ4n) is 2.95. The van der Waals surface area contributed by atoms with Crippen molar-refractivity contribution >= 4 is 28.4 Å². The van der Waals surface area contributed by atoms with Crippen molar-refractivity contribution < 1.29 is 0 Å². The molecule has 1 aromatic carbocycles. The van der Waals surface area contributed by atoms with E-state index in [1.165, 1.54) is 0 Å². The Hall–Kier alpha value is -2.84. The van der Waals surface area contributed by atoms with E-state index in [4.69, 9.17) is 11.6 Å². The summed E-state index contributed by atoms with van der Waals surface area (Å²) >= 11 is 5.96. The maximum Gasteiger partial charge on any atom is 0.283 e. The van der Waals surface area contributed by atoms with Gasteiger partial charge in [0.25, 0.3) is 5.56 Å². The number of aromatic nitrogens is 6. The molecule has 3 heterocycles. The molecule has 0 aliphatic heterocycles. The van der Waals surface area contributed by atoms with Crippen LogP contribution in [0.15, 0.2) is 41.6 Å². The minimum Gasteiger partial charge on any atom is -0.309 e. The molecule has 0 N–H and O–H groups in total. The van der Waals surface area contributed by atoms with Crippen LogP contribution in [0.4, 0.5) is 0 Å². The highest BCUT2D eigenvalue weighted by Crippen LogP contribution is 2.25. The molecule has 0 atom stereocenters. The highest BCUT2D eigenvalue weighted by Gasteiger charge is 2.15. The van der Waals surface area contributed by atoms with E-state index in [1.807, 2.05) is 26.2 Å². The zero-order chi connectivity index (χ0) is 19.0. The Morgan fingerprint density at radius 3 is 2.63 bits per heavy atom. The molecule has 0 saturated heterocycles. The summed E-state index contributed by atoms with van der Waals surface area (Å²) in [6.45, 7) is 1.47. The number of rotatable bonds is 5. The van der Waals surface area contributed by atoms with Crippen molar-refractivity contribution in [1.29, 1.82) is 0 Å². The average Bonchev–Trinajstić information content (AvgIpc) is 3.08. The Morgan fingerprint density at radius 2 is 1.89 bits per heavy atom. The zero-order valence-corrected chi connectivity index (χ0v) is 15.8. The predicted molar refractivity (Wildman–Crippen MR) is 104 cm³/mol. The van der Waals surface area contributed by atoms with Gasteiger partial charge < -0.3 is 4.90 Å². The van der Waals surface area contributed by atoms with Crippen LogP contribution in [0.25, 0.3) is 27.9 Å². The SMILES string of the molecule is CN(C)CCCn1cnc2c(nnc3c(-c4ccc(Cl)cc4)cnn32)c1=O. The number of hydrogen-bond donors (Lipinski definition) is 0. The van der Waals surface area contributed by atoms with E-state index in [-0.39, 0.29) is 11.1 Å². The lowest BCUT2D eigenvalue weighted by Gasteiger charge is -2.10. The van der Waals surface area contributed by atoms with E-state index in [0.29, 0.717) is 22.9 Å². The molecule has 0 fully saturated rings. The minimum absolute atomic E-state index is 0.209. The first-order valence-corrected chi connectivity index (χ1v) is 8.92. The third-order valence-electron chi connectivity index (χ3n) is 4.34. The average molecular weight is 384 g/mol. The second-order valence-corrected chi connectivity index (χ2v) is 7.01. The second-order valence-electron chi connectivity index (χ2n) is 6.57. The van der Waals surface area contributed by atoms with Crippen molar-refractivity contribution in [2.45, 2.75) is 13.0 Å². The first-order chi connectivity index (χ1) is 13.0. The Labute approximate surface area is 160 Å². The van der Waals surface area contributed by atoms with E-state index < -0.39 is 0 Å². The number of benzene rings is 1. The largest absolute Gasteiger partial charge is 0.309 e. The quantitative estimate of drug-likeness (QED) is 0.525. The van der Waals surface area contributed by atoms with Crippen LogP contribution >= 0.6 is 11.6 Å². The molecule has 3 aromatic heterocycles. The van der Waals surface area contributed by atoms with Crippen LogP contribution in [-0.4, -0.2) is 54.9 Å². The molecule has 0 amide bonds. The summed E-state index contributed by atoms with van der Waals surface area (Å²) in [7, 11) is 4.00. The lowest BCUT2D eigenvalue weighted by Crippen LogP contribution is -2.25. The molecule has 0 aliphatic rings. The Morgan fingerprint density at radius 1 is 1.11 bits per heavy atom. The topological polar surface area (TPSA) is 81.2 Å². The number of fused-ring (bicyclic) bond motifs is 3. The monoisotopic (exact) mass is 383 g/mol. The van der Waals surface area contributed by atoms with Gasteiger partial charge in [0.2, 0.25) is 0 Å². The van der Waals surface area contributed by atoms with E-state index in [9.17, 15) is 4.79 Å². The number of nitrogens with zero attached hydrogens (tertiary/aromatic N) is 7. The molecule has 138 valence electrons. The number of hydrogen-bond acceptors (Lipinski definition) is 6. The third-order valence-corrected chi connectivity index (χ3v) is 4.60. The fraction of sp³-hybridized carbons (Fsp3) is 0.278. The van der Waals surface area contributed by atoms with E-state index >= 15 is 0 Å². The van der Waals surface area contributed by atoms with Gasteiger partial charge in [-0.05, 0) is 44.8 Å². The molecular weight excluding hydrogens is 366 g/mol. The Balaban J connectivity index is 1.77. The number of aryl methyl sites for hydroxylation is 1. The highest BCUT2D eigenvalue weighted by molar-refractivity contribution is 6.30. The summed E-state index contributed by atoms with van der Waals surface area (Å²) in [5.41, 5.74) is 2.66. The maximum atomic E-state index is 12.7. The van der Waals surface area contributed by atoms with Gasteiger partial charge in [-0.2, -0.15) is 9.61 Å². The summed E-state index contributed by atoms with van der Waals surface area (Å²) in [5, 5.41) is 13.4. The highest BCUT2D eigenvalue weighted by atomic mass is 35.5. The van der Waals surface area contributed by atoms with Gasteiger partial charge in [0.15, 0.2) is 16.8 Å². The van der Waals surface area contributed by atoms with Crippen LogP contribution in [0.3, 0.4) is 0 Å². The van der Waals surface area contributed by atoms with Gasteiger partial charge in [-0.25, -0.2) is 4.98 Å².